The van der Waals surface area contributed by atoms with Gasteiger partial charge in [0, 0.05) is 29.6 Å². The summed E-state index contributed by atoms with van der Waals surface area (Å²) in [6.45, 7) is 8.04. The summed E-state index contributed by atoms with van der Waals surface area (Å²) in [5.74, 6) is -0.503. The fraction of sp³-hybridized carbons (Fsp3) is 0.360. The van der Waals surface area contributed by atoms with Crippen molar-refractivity contribution in [3.05, 3.63) is 68.6 Å². The smallest absolute Gasteiger partial charge is 0.434 e. The van der Waals surface area contributed by atoms with Crippen LogP contribution in [0.4, 0.5) is 4.79 Å². The first kappa shape index (κ1) is 24.6. The van der Waals surface area contributed by atoms with Gasteiger partial charge >= 0.3 is 6.16 Å². The molecule has 1 N–H and O–H groups in total. The summed E-state index contributed by atoms with van der Waals surface area (Å²) in [5.41, 5.74) is 4.48. The number of benzene rings is 1. The Bertz CT molecular complexity index is 1090. The van der Waals surface area contributed by atoms with E-state index in [1.807, 2.05) is 32.9 Å². The molecule has 1 aliphatic rings. The van der Waals surface area contributed by atoms with Gasteiger partial charge in [-0.25, -0.2) is 9.78 Å². The molecule has 174 valence electrons. The number of carbonyl (C=O) groups is 3. The van der Waals surface area contributed by atoms with Gasteiger partial charge in [0.1, 0.15) is 11.5 Å². The molecule has 1 heterocycles. The van der Waals surface area contributed by atoms with Gasteiger partial charge in [-0.05, 0) is 78.9 Å². The normalized spacial score (nSPS) is 15.5. The first-order valence-corrected chi connectivity index (χ1v) is 11.6. The maximum Gasteiger partial charge on any atom is 0.513 e. The fourth-order valence-electron chi connectivity index (χ4n) is 4.13. The molecule has 0 radical (unpaired) electrons. The third-order valence-corrected chi connectivity index (χ3v) is 5.93. The molecule has 1 aromatic carbocycles. The quantitative estimate of drug-likeness (QED) is 0.518. The predicted octanol–water partition coefficient (Wildman–Crippen LogP) is 5.06. The van der Waals surface area contributed by atoms with E-state index < -0.39 is 12.1 Å². The average molecular weight is 515 g/mol. The Morgan fingerprint density at radius 1 is 1.18 bits per heavy atom. The molecule has 0 spiro atoms. The van der Waals surface area contributed by atoms with E-state index in [0.717, 1.165) is 26.7 Å². The number of Topliss-reactive ketones (excluding diaryl/α,β-unsaturated/α-hetero) is 1. The number of hydrogen-bond acceptors (Lipinski definition) is 6. The second-order valence-corrected chi connectivity index (χ2v) is 8.94. The van der Waals surface area contributed by atoms with Crippen LogP contribution in [-0.4, -0.2) is 36.0 Å². The van der Waals surface area contributed by atoms with E-state index in [9.17, 15) is 14.4 Å². The predicted molar refractivity (Wildman–Crippen MR) is 128 cm³/mol. The van der Waals surface area contributed by atoms with E-state index in [1.165, 1.54) is 0 Å². The minimum absolute atomic E-state index is 0.0969. The summed E-state index contributed by atoms with van der Waals surface area (Å²) in [4.78, 5) is 41.9. The van der Waals surface area contributed by atoms with Crippen molar-refractivity contribution >= 4 is 39.3 Å². The zero-order valence-corrected chi connectivity index (χ0v) is 20.7. The molecule has 8 heteroatoms. The van der Waals surface area contributed by atoms with Crippen molar-refractivity contribution in [1.82, 2.24) is 10.3 Å². The van der Waals surface area contributed by atoms with E-state index in [2.05, 4.69) is 26.2 Å². The van der Waals surface area contributed by atoms with Crippen molar-refractivity contribution in [3.8, 4) is 0 Å². The minimum atomic E-state index is -0.824. The number of aromatic nitrogens is 1. The number of halogens is 1. The Morgan fingerprint density at radius 2 is 1.88 bits per heavy atom. The van der Waals surface area contributed by atoms with Crippen molar-refractivity contribution in [2.45, 2.75) is 40.5 Å². The van der Waals surface area contributed by atoms with Gasteiger partial charge < -0.3 is 14.8 Å². The summed E-state index contributed by atoms with van der Waals surface area (Å²) in [7, 11) is 0. The number of ketones is 1. The molecule has 0 bridgehead atoms. The Hall–Kier alpha value is -3.00. The van der Waals surface area contributed by atoms with Crippen molar-refractivity contribution < 1.29 is 23.9 Å². The fourth-order valence-corrected chi connectivity index (χ4v) is 4.37. The number of nitrogens with one attached hydrogen (secondary N) is 1. The van der Waals surface area contributed by atoms with E-state index in [0.29, 0.717) is 30.0 Å². The lowest BCUT2D eigenvalue weighted by Crippen LogP contribution is -2.27. The highest BCUT2D eigenvalue weighted by atomic mass is 79.9. The highest BCUT2D eigenvalue weighted by Crippen LogP contribution is 2.40. The molecular formula is C25H27BrN2O5. The highest BCUT2D eigenvalue weighted by molar-refractivity contribution is 9.10. The molecule has 3 rings (SSSR count). The molecule has 1 aromatic heterocycles. The second-order valence-electron chi connectivity index (χ2n) is 8.03. The lowest BCUT2D eigenvalue weighted by atomic mass is 9.90. The lowest BCUT2D eigenvalue weighted by Gasteiger charge is -2.14. The molecule has 0 saturated carbocycles. The Morgan fingerprint density at radius 3 is 2.48 bits per heavy atom. The summed E-state index contributed by atoms with van der Waals surface area (Å²) in [6.07, 6.45) is 1.41. The number of rotatable bonds is 7. The largest absolute Gasteiger partial charge is 0.513 e. The summed E-state index contributed by atoms with van der Waals surface area (Å²) < 4.78 is 11.2. The van der Waals surface area contributed by atoms with Gasteiger partial charge in [-0.15, -0.1) is 0 Å². The van der Waals surface area contributed by atoms with Crippen LogP contribution >= 0.6 is 15.9 Å². The number of ether oxygens (including phenoxy) is 2. The minimum Gasteiger partial charge on any atom is -0.434 e. The molecule has 7 nitrogen and oxygen atoms in total. The monoisotopic (exact) mass is 514 g/mol. The average Bonchev–Trinajstić information content (AvgIpc) is 3.03. The van der Waals surface area contributed by atoms with Crippen LogP contribution in [0.1, 0.15) is 52.5 Å². The van der Waals surface area contributed by atoms with Gasteiger partial charge in [0.05, 0.1) is 12.2 Å². The number of amides is 1. The molecule has 33 heavy (non-hydrogen) atoms. The van der Waals surface area contributed by atoms with Crippen molar-refractivity contribution in [1.29, 1.82) is 0 Å². The van der Waals surface area contributed by atoms with Crippen LogP contribution < -0.4 is 5.32 Å². The van der Waals surface area contributed by atoms with Gasteiger partial charge in [0.2, 0.25) is 0 Å². The SMILES string of the molecule is CCOC(=O)OC1=C(c2c(C)cc(C)cc2C)C(=O)C(CCNC(=O)c2ccc(Br)cn2)C1. The lowest BCUT2D eigenvalue weighted by molar-refractivity contribution is -0.116. The molecule has 1 amide bonds. The summed E-state index contributed by atoms with van der Waals surface area (Å²) in [6, 6.07) is 7.37. The Kier molecular flexibility index (Phi) is 8.02. The van der Waals surface area contributed by atoms with Crippen molar-refractivity contribution in [2.75, 3.05) is 13.2 Å². The van der Waals surface area contributed by atoms with Gasteiger partial charge in [-0.2, -0.15) is 0 Å². The van der Waals surface area contributed by atoms with Gasteiger partial charge in [0.15, 0.2) is 5.78 Å². The second kappa shape index (κ2) is 10.7. The van der Waals surface area contributed by atoms with Crippen molar-refractivity contribution in [3.63, 3.8) is 0 Å². The van der Waals surface area contributed by atoms with E-state index in [1.54, 1.807) is 25.3 Å². The number of aryl methyl sites for hydroxylation is 3. The first-order chi connectivity index (χ1) is 15.7. The third-order valence-electron chi connectivity index (χ3n) is 5.46. The Labute approximate surface area is 201 Å². The number of allylic oxidation sites excluding steroid dienone is 2. The van der Waals surface area contributed by atoms with E-state index in [-0.39, 0.29) is 24.7 Å². The van der Waals surface area contributed by atoms with Gasteiger partial charge in [-0.1, -0.05) is 17.7 Å². The van der Waals surface area contributed by atoms with Crippen LogP contribution in [0.2, 0.25) is 0 Å². The topological polar surface area (TPSA) is 94.6 Å². The van der Waals surface area contributed by atoms with E-state index in [4.69, 9.17) is 9.47 Å². The molecule has 0 aliphatic heterocycles. The van der Waals surface area contributed by atoms with Gasteiger partial charge in [0.25, 0.3) is 5.91 Å². The van der Waals surface area contributed by atoms with Crippen LogP contribution in [0, 0.1) is 26.7 Å². The zero-order chi connectivity index (χ0) is 24.1. The molecule has 0 fully saturated rings. The Balaban J connectivity index is 1.77. The first-order valence-electron chi connectivity index (χ1n) is 10.8. The summed E-state index contributed by atoms with van der Waals surface area (Å²) in [5, 5.41) is 2.81. The van der Waals surface area contributed by atoms with Crippen LogP contribution in [0.15, 0.2) is 40.7 Å². The molecule has 2 aromatic rings. The third kappa shape index (κ3) is 5.87. The number of pyridine rings is 1. The van der Waals surface area contributed by atoms with Crippen LogP contribution in [-0.2, 0) is 14.3 Å². The van der Waals surface area contributed by atoms with Crippen LogP contribution in [0.5, 0.6) is 0 Å². The molecule has 1 unspecified atom stereocenters. The maximum absolute atomic E-state index is 13.4. The summed E-state index contributed by atoms with van der Waals surface area (Å²) >= 11 is 3.29. The molecule has 0 saturated heterocycles. The molecule has 1 aliphatic carbocycles. The van der Waals surface area contributed by atoms with Crippen LogP contribution in [0.3, 0.4) is 0 Å². The van der Waals surface area contributed by atoms with Crippen molar-refractivity contribution in [2.24, 2.45) is 5.92 Å². The molecule has 1 atom stereocenters. The van der Waals surface area contributed by atoms with Crippen LogP contribution in [0.25, 0.3) is 5.57 Å². The standard InChI is InChI=1S/C25H27BrN2O5/c1-5-32-25(31)33-20-12-17(8-9-27-24(30)19-7-6-18(26)13-28-19)23(29)22(20)21-15(3)10-14(2)11-16(21)4/h6-7,10-11,13,17H,5,8-9,12H2,1-4H3,(H,27,30). The maximum atomic E-state index is 13.4. The molecular weight excluding hydrogens is 488 g/mol. The zero-order valence-electron chi connectivity index (χ0n) is 19.2. The highest BCUT2D eigenvalue weighted by Gasteiger charge is 2.37. The number of nitrogens with zero attached hydrogens (tertiary/aromatic N) is 1. The number of hydrogen-bond donors (Lipinski definition) is 1. The van der Waals surface area contributed by atoms with Gasteiger partial charge in [-0.3, -0.25) is 9.59 Å². The van der Waals surface area contributed by atoms with E-state index >= 15 is 0 Å². The number of carbonyl (C=O) groups excluding carboxylic acids is 3.